The first-order chi connectivity index (χ1) is 13.7. The first kappa shape index (κ1) is 17.5. The third-order valence-electron chi connectivity index (χ3n) is 4.35. The molecule has 0 unspecified atom stereocenters. The molecule has 0 aliphatic carbocycles. The first-order valence-corrected chi connectivity index (χ1v) is 8.87. The van der Waals surface area contributed by atoms with Crippen LogP contribution in [0.3, 0.4) is 0 Å². The van der Waals surface area contributed by atoms with E-state index < -0.39 is 5.91 Å². The second kappa shape index (κ2) is 7.75. The van der Waals surface area contributed by atoms with Gasteiger partial charge in [0.2, 0.25) is 0 Å². The molecule has 0 fully saturated rings. The van der Waals surface area contributed by atoms with Crippen LogP contribution in [0.4, 0.5) is 5.69 Å². The lowest BCUT2D eigenvalue weighted by atomic mass is 10.1. The predicted octanol–water partition coefficient (Wildman–Crippen LogP) is 3.20. The molecular weight excluding hydrogens is 352 g/mol. The molecule has 4 rings (SSSR count). The zero-order chi connectivity index (χ0) is 19.3. The van der Waals surface area contributed by atoms with Crippen molar-refractivity contribution in [1.29, 1.82) is 0 Å². The molecule has 1 aromatic heterocycles. The van der Waals surface area contributed by atoms with E-state index in [4.69, 9.17) is 0 Å². The average Bonchev–Trinajstić information content (AvgIpc) is 2.75. The number of nitrogens with one attached hydrogen (secondary N) is 2. The second-order valence-corrected chi connectivity index (χ2v) is 6.29. The SMILES string of the molecule is O=C(NNc1ccccc1)c1nn(Cc2ccccc2)c(=O)c2ccccc12. The summed E-state index contributed by atoms with van der Waals surface area (Å²) >= 11 is 0. The molecule has 0 aliphatic heterocycles. The molecule has 6 nitrogen and oxygen atoms in total. The topological polar surface area (TPSA) is 76.0 Å². The summed E-state index contributed by atoms with van der Waals surface area (Å²) in [6.45, 7) is 0.289. The summed E-state index contributed by atoms with van der Waals surface area (Å²) in [5.41, 5.74) is 7.15. The molecule has 3 aromatic carbocycles. The standard InChI is InChI=1S/C22H18N4O2/c27-21(24-23-17-11-5-2-6-12-17)20-18-13-7-8-14-19(18)22(28)26(25-20)15-16-9-3-1-4-10-16/h1-14,23H,15H2,(H,24,27). The van der Waals surface area contributed by atoms with Crippen molar-refractivity contribution in [2.45, 2.75) is 6.54 Å². The third-order valence-corrected chi connectivity index (χ3v) is 4.35. The molecule has 4 aromatic rings. The van der Waals surface area contributed by atoms with Crippen LogP contribution in [0.1, 0.15) is 16.1 Å². The van der Waals surface area contributed by atoms with Crippen molar-refractivity contribution in [2.24, 2.45) is 0 Å². The largest absolute Gasteiger partial charge is 0.298 e. The first-order valence-electron chi connectivity index (χ1n) is 8.87. The molecule has 0 spiro atoms. The Bertz CT molecular complexity index is 1170. The summed E-state index contributed by atoms with van der Waals surface area (Å²) in [7, 11) is 0. The number of benzene rings is 3. The third kappa shape index (κ3) is 3.61. The van der Waals surface area contributed by atoms with Crippen LogP contribution in [0, 0.1) is 0 Å². The Morgan fingerprint density at radius 1 is 0.821 bits per heavy atom. The lowest BCUT2D eigenvalue weighted by Gasteiger charge is -2.12. The number of nitrogens with zero attached hydrogens (tertiary/aromatic N) is 2. The van der Waals surface area contributed by atoms with Crippen LogP contribution in [-0.4, -0.2) is 15.7 Å². The van der Waals surface area contributed by atoms with Gasteiger partial charge in [-0.25, -0.2) is 4.68 Å². The van der Waals surface area contributed by atoms with Crippen molar-refractivity contribution in [3.63, 3.8) is 0 Å². The fourth-order valence-corrected chi connectivity index (χ4v) is 2.98. The predicted molar refractivity (Wildman–Crippen MR) is 109 cm³/mol. The number of carbonyl (C=O) groups excluding carboxylic acids is 1. The van der Waals surface area contributed by atoms with E-state index in [9.17, 15) is 9.59 Å². The van der Waals surface area contributed by atoms with E-state index in [0.717, 1.165) is 11.3 Å². The fraction of sp³-hybridized carbons (Fsp3) is 0.0455. The van der Waals surface area contributed by atoms with Gasteiger partial charge in [0.15, 0.2) is 5.69 Å². The smallest absolute Gasteiger partial charge is 0.290 e. The maximum Gasteiger partial charge on any atom is 0.290 e. The minimum absolute atomic E-state index is 0.189. The molecule has 28 heavy (non-hydrogen) atoms. The van der Waals surface area contributed by atoms with Crippen LogP contribution >= 0.6 is 0 Å². The van der Waals surface area contributed by atoms with Gasteiger partial charge in [0.1, 0.15) is 0 Å². The van der Waals surface area contributed by atoms with Crippen LogP contribution in [0.2, 0.25) is 0 Å². The number of fused-ring (bicyclic) bond motifs is 1. The minimum Gasteiger partial charge on any atom is -0.298 e. The molecule has 0 atom stereocenters. The van der Waals surface area contributed by atoms with E-state index >= 15 is 0 Å². The van der Waals surface area contributed by atoms with Crippen LogP contribution in [0.5, 0.6) is 0 Å². The Morgan fingerprint density at radius 3 is 2.14 bits per heavy atom. The maximum absolute atomic E-state index is 12.8. The van der Waals surface area contributed by atoms with Gasteiger partial charge in [-0.2, -0.15) is 5.10 Å². The van der Waals surface area contributed by atoms with Crippen molar-refractivity contribution in [2.75, 3.05) is 5.43 Å². The van der Waals surface area contributed by atoms with Crippen molar-refractivity contribution in [3.05, 3.63) is 107 Å². The van der Waals surface area contributed by atoms with Gasteiger partial charge in [-0.1, -0.05) is 66.7 Å². The van der Waals surface area contributed by atoms with Gasteiger partial charge in [-0.05, 0) is 23.8 Å². The summed E-state index contributed by atoms with van der Waals surface area (Å²) in [6, 6.07) is 25.8. The maximum atomic E-state index is 12.8. The van der Waals surface area contributed by atoms with E-state index in [0.29, 0.717) is 10.8 Å². The van der Waals surface area contributed by atoms with Gasteiger partial charge in [-0.15, -0.1) is 0 Å². The second-order valence-electron chi connectivity index (χ2n) is 6.29. The van der Waals surface area contributed by atoms with Gasteiger partial charge in [0, 0.05) is 5.39 Å². The van der Waals surface area contributed by atoms with Crippen LogP contribution < -0.4 is 16.4 Å². The average molecular weight is 370 g/mol. The minimum atomic E-state index is -0.415. The zero-order valence-electron chi connectivity index (χ0n) is 15.0. The molecule has 0 saturated heterocycles. The number of anilines is 1. The highest BCUT2D eigenvalue weighted by molar-refractivity contribution is 6.05. The van der Waals surface area contributed by atoms with Gasteiger partial charge >= 0.3 is 0 Å². The number of hydrazine groups is 1. The van der Waals surface area contributed by atoms with Crippen molar-refractivity contribution in [1.82, 2.24) is 15.2 Å². The number of hydrogen-bond acceptors (Lipinski definition) is 4. The summed E-state index contributed by atoms with van der Waals surface area (Å²) in [5, 5.41) is 5.33. The number of amides is 1. The molecule has 6 heteroatoms. The number of aromatic nitrogens is 2. The van der Waals surface area contributed by atoms with E-state index in [2.05, 4.69) is 16.0 Å². The normalized spacial score (nSPS) is 10.6. The molecule has 0 radical (unpaired) electrons. The Kier molecular flexibility index (Phi) is 4.84. The van der Waals surface area contributed by atoms with Crippen LogP contribution in [0.15, 0.2) is 89.7 Å². The van der Waals surface area contributed by atoms with E-state index in [1.54, 1.807) is 24.3 Å². The van der Waals surface area contributed by atoms with Gasteiger partial charge < -0.3 is 0 Å². The molecule has 1 amide bonds. The Morgan fingerprint density at radius 2 is 1.43 bits per heavy atom. The van der Waals surface area contributed by atoms with Crippen molar-refractivity contribution >= 4 is 22.4 Å². The zero-order valence-corrected chi connectivity index (χ0v) is 15.0. The highest BCUT2D eigenvalue weighted by atomic mass is 16.2. The summed E-state index contributed by atoms with van der Waals surface area (Å²) in [6.07, 6.45) is 0. The van der Waals surface area contributed by atoms with E-state index in [1.807, 2.05) is 60.7 Å². The highest BCUT2D eigenvalue weighted by Crippen LogP contribution is 2.14. The van der Waals surface area contributed by atoms with Gasteiger partial charge in [-0.3, -0.25) is 20.4 Å². The van der Waals surface area contributed by atoms with E-state index in [-0.39, 0.29) is 17.8 Å². The molecule has 1 heterocycles. The molecule has 2 N–H and O–H groups in total. The molecular formula is C22H18N4O2. The quantitative estimate of drug-likeness (QED) is 0.529. The molecule has 138 valence electrons. The molecule has 0 bridgehead atoms. The monoisotopic (exact) mass is 370 g/mol. The Labute approximate surface area is 161 Å². The Hall–Kier alpha value is -3.93. The summed E-state index contributed by atoms with van der Waals surface area (Å²) < 4.78 is 1.33. The molecule has 0 aliphatic rings. The number of para-hydroxylation sites is 1. The van der Waals surface area contributed by atoms with Crippen molar-refractivity contribution < 1.29 is 4.79 Å². The fourth-order valence-electron chi connectivity index (χ4n) is 2.98. The number of rotatable bonds is 5. The van der Waals surface area contributed by atoms with Crippen molar-refractivity contribution in [3.8, 4) is 0 Å². The number of carbonyl (C=O) groups is 1. The Balaban J connectivity index is 1.71. The molecule has 0 saturated carbocycles. The lowest BCUT2D eigenvalue weighted by molar-refractivity contribution is 0.0957. The summed E-state index contributed by atoms with van der Waals surface area (Å²) in [4.78, 5) is 25.6. The summed E-state index contributed by atoms with van der Waals surface area (Å²) in [5.74, 6) is -0.415. The van der Waals surface area contributed by atoms with Crippen LogP contribution in [-0.2, 0) is 6.54 Å². The van der Waals surface area contributed by atoms with Crippen LogP contribution in [0.25, 0.3) is 10.8 Å². The van der Waals surface area contributed by atoms with Gasteiger partial charge in [0.25, 0.3) is 11.5 Å². The van der Waals surface area contributed by atoms with E-state index in [1.165, 1.54) is 4.68 Å². The lowest BCUT2D eigenvalue weighted by Crippen LogP contribution is -2.33. The highest BCUT2D eigenvalue weighted by Gasteiger charge is 2.16. The number of hydrogen-bond donors (Lipinski definition) is 2. The van der Waals surface area contributed by atoms with Gasteiger partial charge in [0.05, 0.1) is 17.6 Å².